The van der Waals surface area contributed by atoms with Crippen molar-refractivity contribution in [2.45, 2.75) is 50.6 Å². The molecule has 0 radical (unpaired) electrons. The molecular weight excluding hydrogens is 346 g/mol. The van der Waals surface area contributed by atoms with Gasteiger partial charge in [0.05, 0.1) is 18.7 Å². The zero-order valence-electron chi connectivity index (χ0n) is 15.4. The van der Waals surface area contributed by atoms with E-state index in [-0.39, 0.29) is 29.6 Å². The van der Waals surface area contributed by atoms with Crippen LogP contribution in [0.25, 0.3) is 0 Å². The molecule has 4 heterocycles. The van der Waals surface area contributed by atoms with E-state index < -0.39 is 6.04 Å². The highest BCUT2D eigenvalue weighted by molar-refractivity contribution is 6.06. The van der Waals surface area contributed by atoms with Gasteiger partial charge in [-0.25, -0.2) is 0 Å². The normalized spacial score (nSPS) is 26.0. The molecule has 7 nitrogen and oxygen atoms in total. The first-order valence-electron chi connectivity index (χ1n) is 9.65. The maximum absolute atomic E-state index is 13.1. The maximum Gasteiger partial charge on any atom is 0.255 e. The smallest absolute Gasteiger partial charge is 0.255 e. The second kappa shape index (κ2) is 5.79. The molecule has 142 valence electrons. The second-order valence-corrected chi connectivity index (χ2v) is 8.14. The van der Waals surface area contributed by atoms with E-state index in [1.165, 1.54) is 5.56 Å². The van der Waals surface area contributed by atoms with Gasteiger partial charge in [-0.05, 0) is 44.8 Å². The van der Waals surface area contributed by atoms with Gasteiger partial charge in [0.25, 0.3) is 5.91 Å². The van der Waals surface area contributed by atoms with Gasteiger partial charge in [0.2, 0.25) is 11.8 Å². The highest BCUT2D eigenvalue weighted by Gasteiger charge is 2.47. The van der Waals surface area contributed by atoms with Gasteiger partial charge < -0.3 is 15.0 Å². The van der Waals surface area contributed by atoms with Gasteiger partial charge >= 0.3 is 0 Å². The number of rotatable bonds is 1. The van der Waals surface area contributed by atoms with E-state index in [4.69, 9.17) is 4.74 Å². The lowest BCUT2D eigenvalue weighted by molar-refractivity contribution is -0.136. The van der Waals surface area contributed by atoms with Crippen molar-refractivity contribution in [3.8, 4) is 5.75 Å². The summed E-state index contributed by atoms with van der Waals surface area (Å²) >= 11 is 0. The molecule has 7 heteroatoms. The lowest BCUT2D eigenvalue weighted by atomic mass is 9.74. The summed E-state index contributed by atoms with van der Waals surface area (Å²) in [6.45, 7) is 4.95. The highest BCUT2D eigenvalue weighted by Crippen LogP contribution is 2.49. The minimum atomic E-state index is -0.591. The minimum absolute atomic E-state index is 0.0332. The molecule has 4 aliphatic heterocycles. The van der Waals surface area contributed by atoms with Gasteiger partial charge in [-0.15, -0.1) is 0 Å². The number of piperidine rings is 2. The van der Waals surface area contributed by atoms with E-state index >= 15 is 0 Å². The zero-order chi connectivity index (χ0) is 18.8. The number of nitrogens with zero attached hydrogens (tertiary/aromatic N) is 1. The molecule has 1 aromatic carbocycles. The van der Waals surface area contributed by atoms with Gasteiger partial charge in [0.15, 0.2) is 0 Å². The van der Waals surface area contributed by atoms with Gasteiger partial charge in [0.1, 0.15) is 11.8 Å². The SMILES string of the molecule is Cc1cc2c(c3c1C(=O)N(C1CCC(=O)NC1=O)C3)OCC21CCNCC1. The Labute approximate surface area is 157 Å². The fourth-order valence-electron chi connectivity index (χ4n) is 5.10. The van der Waals surface area contributed by atoms with Crippen molar-refractivity contribution >= 4 is 17.7 Å². The summed E-state index contributed by atoms with van der Waals surface area (Å²) in [7, 11) is 0. The third kappa shape index (κ3) is 2.34. The molecule has 0 aliphatic carbocycles. The average molecular weight is 369 g/mol. The summed E-state index contributed by atoms with van der Waals surface area (Å²) in [5, 5.41) is 5.77. The minimum Gasteiger partial charge on any atom is -0.492 e. The van der Waals surface area contributed by atoms with Crippen LogP contribution in [-0.4, -0.2) is 48.4 Å². The molecule has 2 fully saturated rings. The van der Waals surface area contributed by atoms with Crippen LogP contribution in [0.3, 0.4) is 0 Å². The number of aryl methyl sites for hydroxylation is 1. The topological polar surface area (TPSA) is 87.7 Å². The van der Waals surface area contributed by atoms with Crippen LogP contribution in [0, 0.1) is 6.92 Å². The summed E-state index contributed by atoms with van der Waals surface area (Å²) in [6, 6.07) is 1.53. The van der Waals surface area contributed by atoms with Gasteiger partial charge in [-0.1, -0.05) is 6.07 Å². The maximum atomic E-state index is 13.1. The number of ether oxygens (including phenoxy) is 1. The number of benzene rings is 1. The Morgan fingerprint density at radius 3 is 2.74 bits per heavy atom. The van der Waals surface area contributed by atoms with Crippen molar-refractivity contribution in [2.75, 3.05) is 19.7 Å². The number of hydrogen-bond acceptors (Lipinski definition) is 5. The molecule has 1 aromatic rings. The van der Waals surface area contributed by atoms with Crippen LogP contribution in [-0.2, 0) is 21.5 Å². The van der Waals surface area contributed by atoms with Crippen LogP contribution >= 0.6 is 0 Å². The number of imide groups is 1. The Morgan fingerprint density at radius 2 is 2.00 bits per heavy atom. The number of carbonyl (C=O) groups excluding carboxylic acids is 3. The highest BCUT2D eigenvalue weighted by atomic mass is 16.5. The van der Waals surface area contributed by atoms with Crippen LogP contribution in [0.5, 0.6) is 5.75 Å². The van der Waals surface area contributed by atoms with E-state index in [0.29, 0.717) is 25.1 Å². The Kier molecular flexibility index (Phi) is 3.59. The quantitative estimate of drug-likeness (QED) is 0.714. The number of nitrogens with one attached hydrogen (secondary N) is 2. The summed E-state index contributed by atoms with van der Waals surface area (Å²) in [6.07, 6.45) is 2.70. The largest absolute Gasteiger partial charge is 0.492 e. The fraction of sp³-hybridized carbons (Fsp3) is 0.550. The zero-order valence-corrected chi connectivity index (χ0v) is 15.4. The van der Waals surface area contributed by atoms with E-state index in [2.05, 4.69) is 16.7 Å². The molecule has 3 amide bonds. The van der Waals surface area contributed by atoms with Crippen molar-refractivity contribution in [3.63, 3.8) is 0 Å². The van der Waals surface area contributed by atoms with Crippen molar-refractivity contribution in [1.29, 1.82) is 0 Å². The molecule has 2 saturated heterocycles. The fourth-order valence-corrected chi connectivity index (χ4v) is 5.10. The van der Waals surface area contributed by atoms with E-state index in [1.807, 2.05) is 6.92 Å². The first-order chi connectivity index (χ1) is 13.0. The second-order valence-electron chi connectivity index (χ2n) is 8.14. The molecule has 5 rings (SSSR count). The van der Waals surface area contributed by atoms with Crippen LogP contribution in [0.2, 0.25) is 0 Å². The summed E-state index contributed by atoms with van der Waals surface area (Å²) in [5.41, 5.74) is 3.79. The Hall–Kier alpha value is -2.41. The standard InChI is InChI=1S/C20H23N3O4/c1-11-8-13-17(27-10-20(13)4-6-21-7-5-20)12-9-23(19(26)16(11)12)14-2-3-15(24)22-18(14)25/h8,14,21H,2-7,9-10H2,1H3,(H,22,24,25). The lowest BCUT2D eigenvalue weighted by Gasteiger charge is -2.32. The van der Waals surface area contributed by atoms with Crippen LogP contribution < -0.4 is 15.4 Å². The van der Waals surface area contributed by atoms with Crippen LogP contribution in [0.4, 0.5) is 0 Å². The molecule has 0 aromatic heterocycles. The molecule has 27 heavy (non-hydrogen) atoms. The molecule has 2 N–H and O–H groups in total. The third-order valence-electron chi connectivity index (χ3n) is 6.59. The number of amides is 3. The van der Waals surface area contributed by atoms with Crippen LogP contribution in [0.1, 0.15) is 52.7 Å². The van der Waals surface area contributed by atoms with E-state index in [0.717, 1.165) is 42.8 Å². The predicted octanol–water partition coefficient (Wildman–Crippen LogP) is 0.770. The lowest BCUT2D eigenvalue weighted by Crippen LogP contribution is -2.52. The Morgan fingerprint density at radius 1 is 1.22 bits per heavy atom. The molecule has 4 aliphatic rings. The van der Waals surface area contributed by atoms with E-state index in [1.54, 1.807) is 4.90 Å². The predicted molar refractivity (Wildman–Crippen MR) is 96.5 cm³/mol. The average Bonchev–Trinajstić information content (AvgIpc) is 3.16. The van der Waals surface area contributed by atoms with Gasteiger partial charge in [-0.2, -0.15) is 0 Å². The molecule has 1 spiro atoms. The first kappa shape index (κ1) is 16.7. The van der Waals surface area contributed by atoms with Gasteiger partial charge in [-0.3, -0.25) is 19.7 Å². The molecular formula is C20H23N3O4. The summed E-state index contributed by atoms with van der Waals surface area (Å²) < 4.78 is 6.16. The van der Waals surface area contributed by atoms with Crippen molar-refractivity contribution < 1.29 is 19.1 Å². The summed E-state index contributed by atoms with van der Waals surface area (Å²) in [5.74, 6) is 0.0708. The molecule has 1 atom stereocenters. The number of carbonyl (C=O) groups is 3. The Balaban J connectivity index is 1.53. The summed E-state index contributed by atoms with van der Waals surface area (Å²) in [4.78, 5) is 38.5. The third-order valence-corrected chi connectivity index (χ3v) is 6.59. The number of fused-ring (bicyclic) bond motifs is 4. The van der Waals surface area contributed by atoms with E-state index in [9.17, 15) is 14.4 Å². The van der Waals surface area contributed by atoms with Crippen LogP contribution in [0.15, 0.2) is 6.07 Å². The first-order valence-corrected chi connectivity index (χ1v) is 9.65. The van der Waals surface area contributed by atoms with Crippen molar-refractivity contribution in [3.05, 3.63) is 28.3 Å². The van der Waals surface area contributed by atoms with Gasteiger partial charge in [0, 0.05) is 23.0 Å². The number of hydrogen-bond donors (Lipinski definition) is 2. The van der Waals surface area contributed by atoms with Crippen molar-refractivity contribution in [1.82, 2.24) is 15.5 Å². The molecule has 0 saturated carbocycles. The Bertz CT molecular complexity index is 872. The monoisotopic (exact) mass is 369 g/mol. The van der Waals surface area contributed by atoms with Crippen molar-refractivity contribution in [2.24, 2.45) is 0 Å². The molecule has 0 bridgehead atoms. The molecule has 1 unspecified atom stereocenters.